The maximum Gasteiger partial charge on any atom is 0.0407 e. The molecule has 2 aliphatic carbocycles. The Labute approximate surface area is 132 Å². The van der Waals surface area contributed by atoms with Crippen molar-refractivity contribution in [3.63, 3.8) is 0 Å². The van der Waals surface area contributed by atoms with E-state index < -0.39 is 0 Å². The van der Waals surface area contributed by atoms with Crippen molar-refractivity contribution in [1.29, 1.82) is 0 Å². The topological polar surface area (TPSA) is 6.48 Å². The molecule has 0 N–H and O–H groups in total. The van der Waals surface area contributed by atoms with Crippen LogP contribution in [0, 0.1) is 17.8 Å². The fraction of sp³-hybridized carbons (Fsp3) is 0.556. The monoisotopic (exact) mass is 302 g/mol. The molecular weight excluding hydrogens is 280 g/mol. The van der Waals surface area contributed by atoms with Gasteiger partial charge in [-0.3, -0.25) is 4.90 Å². The van der Waals surface area contributed by atoms with Gasteiger partial charge in [0.25, 0.3) is 0 Å². The minimum absolute atomic E-state index is 0.821. The van der Waals surface area contributed by atoms with Crippen LogP contribution in [0.2, 0.25) is 5.02 Å². The lowest BCUT2D eigenvalue weighted by atomic mass is 9.93. The third-order valence-electron chi connectivity index (χ3n) is 5.47. The van der Waals surface area contributed by atoms with Crippen LogP contribution in [0.1, 0.15) is 12.8 Å². The zero-order chi connectivity index (χ0) is 14.2. The van der Waals surface area contributed by atoms with Gasteiger partial charge in [0, 0.05) is 43.4 Å². The van der Waals surface area contributed by atoms with Gasteiger partial charge in [0.2, 0.25) is 0 Å². The Hall–Kier alpha value is -0.990. The Balaban J connectivity index is 1.30. The molecule has 0 unspecified atom stereocenters. The summed E-state index contributed by atoms with van der Waals surface area (Å²) in [5, 5.41) is 0.821. The molecule has 1 aliphatic heterocycles. The minimum atomic E-state index is 0.821. The van der Waals surface area contributed by atoms with Crippen molar-refractivity contribution >= 4 is 17.3 Å². The molecule has 1 heterocycles. The summed E-state index contributed by atoms with van der Waals surface area (Å²) in [6.07, 6.45) is 7.77. The van der Waals surface area contributed by atoms with Gasteiger partial charge in [-0.1, -0.05) is 23.8 Å². The molecule has 2 fully saturated rings. The molecule has 0 amide bonds. The van der Waals surface area contributed by atoms with E-state index >= 15 is 0 Å². The second kappa shape index (κ2) is 5.66. The molecular formula is C18H23ClN2. The molecule has 3 heteroatoms. The summed E-state index contributed by atoms with van der Waals surface area (Å²) in [5.41, 5.74) is 1.31. The highest BCUT2D eigenvalue weighted by atomic mass is 35.5. The Morgan fingerprint density at radius 2 is 1.71 bits per heavy atom. The van der Waals surface area contributed by atoms with Gasteiger partial charge in [0.1, 0.15) is 0 Å². The molecule has 3 aliphatic rings. The van der Waals surface area contributed by atoms with Gasteiger partial charge in [0.15, 0.2) is 0 Å². The standard InChI is InChI=1S/C18H23ClN2/c19-17-3-5-18(6-4-17)21-9-7-20(8-10-21)13-16-12-14-1-2-15(16)11-14/h1-6,14-16H,7-13H2/t14-,15+,16-/m0/s1. The number of rotatable bonds is 3. The van der Waals surface area contributed by atoms with E-state index in [0.29, 0.717) is 0 Å². The first kappa shape index (κ1) is 13.7. The van der Waals surface area contributed by atoms with E-state index in [1.165, 1.54) is 38.2 Å². The predicted molar refractivity (Wildman–Crippen MR) is 88.9 cm³/mol. The van der Waals surface area contributed by atoms with Crippen LogP contribution in [0.5, 0.6) is 0 Å². The number of hydrogen-bond acceptors (Lipinski definition) is 2. The SMILES string of the molecule is Clc1ccc(N2CCN(C[C@@H]3C[C@H]4C=C[C@@H]3C4)CC2)cc1. The fourth-order valence-electron chi connectivity index (χ4n) is 4.28. The van der Waals surface area contributed by atoms with Gasteiger partial charge >= 0.3 is 0 Å². The maximum absolute atomic E-state index is 5.97. The summed E-state index contributed by atoms with van der Waals surface area (Å²) in [7, 11) is 0. The lowest BCUT2D eigenvalue weighted by molar-refractivity contribution is 0.204. The summed E-state index contributed by atoms with van der Waals surface area (Å²) < 4.78 is 0. The molecule has 4 rings (SSSR count). The second-order valence-electron chi connectivity index (χ2n) is 6.80. The fourth-order valence-corrected chi connectivity index (χ4v) is 4.40. The van der Waals surface area contributed by atoms with Gasteiger partial charge in [-0.15, -0.1) is 0 Å². The quantitative estimate of drug-likeness (QED) is 0.786. The van der Waals surface area contributed by atoms with Gasteiger partial charge < -0.3 is 4.90 Å². The van der Waals surface area contributed by atoms with Crippen LogP contribution in [-0.4, -0.2) is 37.6 Å². The molecule has 0 radical (unpaired) electrons. The zero-order valence-electron chi connectivity index (χ0n) is 12.4. The Morgan fingerprint density at radius 1 is 0.952 bits per heavy atom. The number of allylic oxidation sites excluding steroid dienone is 2. The van der Waals surface area contributed by atoms with E-state index in [1.54, 1.807) is 0 Å². The lowest BCUT2D eigenvalue weighted by Crippen LogP contribution is -2.48. The molecule has 21 heavy (non-hydrogen) atoms. The van der Waals surface area contributed by atoms with E-state index in [0.717, 1.165) is 35.9 Å². The lowest BCUT2D eigenvalue weighted by Gasteiger charge is -2.38. The molecule has 0 aromatic heterocycles. The zero-order valence-corrected chi connectivity index (χ0v) is 13.2. The van der Waals surface area contributed by atoms with Gasteiger partial charge in [0.05, 0.1) is 0 Å². The summed E-state index contributed by atoms with van der Waals surface area (Å²) >= 11 is 5.97. The van der Waals surface area contributed by atoms with Crippen molar-refractivity contribution in [3.05, 3.63) is 41.4 Å². The molecule has 1 aromatic carbocycles. The molecule has 2 nitrogen and oxygen atoms in total. The van der Waals surface area contributed by atoms with E-state index in [-0.39, 0.29) is 0 Å². The second-order valence-corrected chi connectivity index (χ2v) is 7.24. The Morgan fingerprint density at radius 3 is 2.33 bits per heavy atom. The van der Waals surface area contributed by atoms with Crippen LogP contribution in [-0.2, 0) is 0 Å². The van der Waals surface area contributed by atoms with Crippen molar-refractivity contribution in [1.82, 2.24) is 4.90 Å². The first-order valence-electron chi connectivity index (χ1n) is 8.19. The molecule has 1 saturated heterocycles. The number of piperazine rings is 1. The minimum Gasteiger partial charge on any atom is -0.369 e. The Bertz CT molecular complexity index is 517. The van der Waals surface area contributed by atoms with Crippen LogP contribution >= 0.6 is 11.6 Å². The van der Waals surface area contributed by atoms with Crippen molar-refractivity contribution in [2.24, 2.45) is 17.8 Å². The van der Waals surface area contributed by atoms with Gasteiger partial charge in [-0.05, 0) is 54.9 Å². The molecule has 2 bridgehead atoms. The summed E-state index contributed by atoms with van der Waals surface area (Å²) in [6, 6.07) is 8.26. The Kier molecular flexibility index (Phi) is 3.68. The third kappa shape index (κ3) is 2.84. The maximum atomic E-state index is 5.97. The normalized spacial score (nSPS) is 32.0. The first-order valence-corrected chi connectivity index (χ1v) is 8.57. The van der Waals surface area contributed by atoms with Crippen LogP contribution in [0.25, 0.3) is 0 Å². The van der Waals surface area contributed by atoms with Crippen LogP contribution in [0.4, 0.5) is 5.69 Å². The average Bonchev–Trinajstić information content (AvgIpc) is 3.12. The summed E-state index contributed by atoms with van der Waals surface area (Å²) in [5.74, 6) is 2.70. The third-order valence-corrected chi connectivity index (χ3v) is 5.73. The largest absolute Gasteiger partial charge is 0.369 e. The van der Waals surface area contributed by atoms with Crippen LogP contribution in [0.3, 0.4) is 0 Å². The van der Waals surface area contributed by atoms with E-state index in [1.807, 2.05) is 12.1 Å². The van der Waals surface area contributed by atoms with Gasteiger partial charge in [-0.25, -0.2) is 0 Å². The molecule has 3 atom stereocenters. The van der Waals surface area contributed by atoms with Crippen molar-refractivity contribution in [2.45, 2.75) is 12.8 Å². The van der Waals surface area contributed by atoms with E-state index in [4.69, 9.17) is 11.6 Å². The van der Waals surface area contributed by atoms with E-state index in [2.05, 4.69) is 34.1 Å². The number of fused-ring (bicyclic) bond motifs is 2. The van der Waals surface area contributed by atoms with Crippen molar-refractivity contribution in [2.75, 3.05) is 37.6 Å². The van der Waals surface area contributed by atoms with Crippen LogP contribution in [0.15, 0.2) is 36.4 Å². The van der Waals surface area contributed by atoms with E-state index in [9.17, 15) is 0 Å². The number of anilines is 1. The molecule has 112 valence electrons. The highest BCUT2D eigenvalue weighted by molar-refractivity contribution is 6.30. The summed E-state index contributed by atoms with van der Waals surface area (Å²) in [4.78, 5) is 5.15. The van der Waals surface area contributed by atoms with Gasteiger partial charge in [-0.2, -0.15) is 0 Å². The summed E-state index contributed by atoms with van der Waals surface area (Å²) in [6.45, 7) is 5.97. The number of hydrogen-bond donors (Lipinski definition) is 0. The molecule has 0 spiro atoms. The molecule has 1 aromatic rings. The van der Waals surface area contributed by atoms with Crippen LogP contribution < -0.4 is 4.90 Å². The van der Waals surface area contributed by atoms with Crippen molar-refractivity contribution < 1.29 is 0 Å². The number of halogens is 1. The highest BCUT2D eigenvalue weighted by Crippen LogP contribution is 2.43. The number of benzene rings is 1. The average molecular weight is 303 g/mol. The first-order chi connectivity index (χ1) is 10.3. The molecule has 1 saturated carbocycles. The highest BCUT2D eigenvalue weighted by Gasteiger charge is 2.36. The number of nitrogens with zero attached hydrogens (tertiary/aromatic N) is 2. The van der Waals surface area contributed by atoms with Crippen molar-refractivity contribution in [3.8, 4) is 0 Å². The predicted octanol–water partition coefficient (Wildman–Crippen LogP) is 3.67. The smallest absolute Gasteiger partial charge is 0.0407 e.